The number of aromatic nitrogens is 1. The fraction of sp³-hybridized carbons (Fsp3) is 0.267. The molecule has 1 aromatic carbocycles. The number of primary amides is 1. The van der Waals surface area contributed by atoms with Gasteiger partial charge in [-0.1, -0.05) is 11.3 Å². The van der Waals surface area contributed by atoms with Gasteiger partial charge in [-0.05, 0) is 31.2 Å². The molecule has 0 spiro atoms. The molecule has 2 amide bonds. The van der Waals surface area contributed by atoms with Gasteiger partial charge in [0.2, 0.25) is 0 Å². The minimum absolute atomic E-state index is 0.0164. The van der Waals surface area contributed by atoms with Crippen LogP contribution in [0.3, 0.4) is 0 Å². The highest BCUT2D eigenvalue weighted by molar-refractivity contribution is 7.93. The molecule has 2 rings (SSSR count). The van der Waals surface area contributed by atoms with Gasteiger partial charge >= 0.3 is 0 Å². The van der Waals surface area contributed by atoms with Crippen molar-refractivity contribution < 1.29 is 22.7 Å². The van der Waals surface area contributed by atoms with Crippen LogP contribution in [-0.2, 0) is 14.8 Å². The third kappa shape index (κ3) is 4.70. The molecule has 0 saturated heterocycles. The Morgan fingerprint density at radius 2 is 1.88 bits per heavy atom. The lowest BCUT2D eigenvalue weighted by molar-refractivity contribution is -0.119. The van der Waals surface area contributed by atoms with Crippen LogP contribution in [0.15, 0.2) is 29.2 Å². The molecule has 0 saturated carbocycles. The van der Waals surface area contributed by atoms with Crippen molar-refractivity contribution in [3.63, 3.8) is 0 Å². The second kappa shape index (κ2) is 7.70. The molecule has 140 valence electrons. The monoisotopic (exact) mass is 398 g/mol. The number of aryl methyl sites for hydroxylation is 1. The molecular weight excluding hydrogens is 380 g/mol. The Kier molecular flexibility index (Phi) is 5.83. The molecule has 0 unspecified atom stereocenters. The van der Waals surface area contributed by atoms with E-state index in [0.29, 0.717) is 16.3 Å². The van der Waals surface area contributed by atoms with E-state index in [9.17, 15) is 18.0 Å². The van der Waals surface area contributed by atoms with E-state index in [1.165, 1.54) is 29.2 Å². The number of anilines is 1. The summed E-state index contributed by atoms with van der Waals surface area (Å²) in [5.74, 6) is -0.571. The predicted octanol–water partition coefficient (Wildman–Crippen LogP) is 0.818. The lowest BCUT2D eigenvalue weighted by Crippen LogP contribution is -2.21. The fourth-order valence-corrected chi connectivity index (χ4v) is 4.11. The van der Waals surface area contributed by atoms with Gasteiger partial charge in [0.05, 0.1) is 10.6 Å². The van der Waals surface area contributed by atoms with Crippen molar-refractivity contribution in [1.82, 2.24) is 9.88 Å². The van der Waals surface area contributed by atoms with Crippen molar-refractivity contribution in [2.24, 2.45) is 5.73 Å². The number of sulfonamides is 1. The number of hydrogen-bond acceptors (Lipinski definition) is 7. The Morgan fingerprint density at radius 1 is 1.27 bits per heavy atom. The van der Waals surface area contributed by atoms with Crippen LogP contribution >= 0.6 is 11.3 Å². The average Bonchev–Trinajstić information content (AvgIpc) is 2.92. The van der Waals surface area contributed by atoms with Gasteiger partial charge in [-0.15, -0.1) is 0 Å². The fourth-order valence-electron chi connectivity index (χ4n) is 1.88. The quantitative estimate of drug-likeness (QED) is 0.710. The zero-order valence-electron chi connectivity index (χ0n) is 14.3. The van der Waals surface area contributed by atoms with Gasteiger partial charge in [-0.2, -0.15) is 0 Å². The number of carbonyl (C=O) groups is 2. The number of nitrogens with one attached hydrogen (secondary N) is 1. The molecule has 0 aliphatic rings. The molecule has 9 nitrogen and oxygen atoms in total. The van der Waals surface area contributed by atoms with Gasteiger partial charge in [0.25, 0.3) is 21.8 Å². The van der Waals surface area contributed by atoms with Crippen LogP contribution in [-0.4, -0.2) is 50.8 Å². The minimum Gasteiger partial charge on any atom is -0.484 e. The van der Waals surface area contributed by atoms with Crippen LogP contribution < -0.4 is 15.2 Å². The number of benzene rings is 1. The molecule has 3 N–H and O–H groups in total. The van der Waals surface area contributed by atoms with Crippen LogP contribution in [0.4, 0.5) is 5.13 Å². The maximum atomic E-state index is 12.4. The summed E-state index contributed by atoms with van der Waals surface area (Å²) < 4.78 is 32.3. The van der Waals surface area contributed by atoms with Gasteiger partial charge in [-0.3, -0.25) is 14.3 Å². The minimum atomic E-state index is -3.88. The first kappa shape index (κ1) is 19.7. The van der Waals surface area contributed by atoms with Crippen molar-refractivity contribution in [2.75, 3.05) is 25.4 Å². The molecule has 0 fully saturated rings. The summed E-state index contributed by atoms with van der Waals surface area (Å²) in [5.41, 5.74) is 5.42. The Hall–Kier alpha value is -2.66. The largest absolute Gasteiger partial charge is 0.484 e. The van der Waals surface area contributed by atoms with E-state index < -0.39 is 15.9 Å². The maximum absolute atomic E-state index is 12.4. The van der Waals surface area contributed by atoms with Gasteiger partial charge in [0.1, 0.15) is 10.6 Å². The van der Waals surface area contributed by atoms with Gasteiger partial charge in [0.15, 0.2) is 11.7 Å². The first-order chi connectivity index (χ1) is 12.1. The van der Waals surface area contributed by atoms with Crippen LogP contribution in [0, 0.1) is 6.92 Å². The molecule has 0 radical (unpaired) electrons. The Labute approximate surface area is 154 Å². The van der Waals surface area contributed by atoms with E-state index in [2.05, 4.69) is 9.71 Å². The number of hydrogen-bond donors (Lipinski definition) is 2. The number of nitrogens with zero attached hydrogens (tertiary/aromatic N) is 2. The summed E-state index contributed by atoms with van der Waals surface area (Å²) in [6.07, 6.45) is 0. The van der Waals surface area contributed by atoms with Crippen molar-refractivity contribution >= 4 is 38.3 Å². The van der Waals surface area contributed by atoms with Gasteiger partial charge in [0, 0.05) is 14.1 Å². The molecule has 0 atom stereocenters. The highest BCUT2D eigenvalue weighted by Gasteiger charge is 2.21. The molecule has 1 heterocycles. The van der Waals surface area contributed by atoms with E-state index in [4.69, 9.17) is 10.5 Å². The van der Waals surface area contributed by atoms with Crippen molar-refractivity contribution in [2.45, 2.75) is 11.8 Å². The molecule has 0 aliphatic carbocycles. The molecule has 26 heavy (non-hydrogen) atoms. The lowest BCUT2D eigenvalue weighted by Gasteiger charge is -2.08. The second-order valence-corrected chi connectivity index (χ2v) is 8.15. The predicted molar refractivity (Wildman–Crippen MR) is 96.8 cm³/mol. The molecular formula is C15H18N4O5S2. The summed E-state index contributed by atoms with van der Waals surface area (Å²) in [6.45, 7) is 1.33. The normalized spacial score (nSPS) is 11.0. The molecule has 2 aromatic rings. The van der Waals surface area contributed by atoms with Gasteiger partial charge < -0.3 is 15.4 Å². The Bertz CT molecular complexity index is 920. The average molecular weight is 398 g/mol. The highest BCUT2D eigenvalue weighted by atomic mass is 32.2. The molecule has 11 heteroatoms. The third-order valence-corrected chi connectivity index (χ3v) is 5.68. The summed E-state index contributed by atoms with van der Waals surface area (Å²) in [4.78, 5) is 28.5. The second-order valence-electron chi connectivity index (χ2n) is 5.47. The van der Waals surface area contributed by atoms with Crippen molar-refractivity contribution in [3.8, 4) is 5.75 Å². The number of thiazole rings is 1. The SMILES string of the molecule is Cc1nc(NS(=O)(=O)c2ccc(OCC(N)=O)cc2)sc1C(=O)N(C)C. The number of amides is 2. The summed E-state index contributed by atoms with van der Waals surface area (Å²) in [7, 11) is -0.676. The molecule has 0 bridgehead atoms. The number of rotatable bonds is 7. The van der Waals surface area contributed by atoms with E-state index >= 15 is 0 Å². The van der Waals surface area contributed by atoms with Gasteiger partial charge in [-0.25, -0.2) is 13.4 Å². The summed E-state index contributed by atoms with van der Waals surface area (Å²) in [6, 6.07) is 5.47. The number of ether oxygens (including phenoxy) is 1. The van der Waals surface area contributed by atoms with E-state index in [1.807, 2.05) is 0 Å². The first-order valence-electron chi connectivity index (χ1n) is 7.33. The van der Waals surface area contributed by atoms with E-state index in [0.717, 1.165) is 11.3 Å². The summed E-state index contributed by atoms with van der Waals surface area (Å²) in [5, 5.41) is 0.0988. The maximum Gasteiger partial charge on any atom is 0.265 e. The molecule has 1 aromatic heterocycles. The van der Waals surface area contributed by atoms with Crippen molar-refractivity contribution in [1.29, 1.82) is 0 Å². The van der Waals surface area contributed by atoms with E-state index in [1.54, 1.807) is 21.0 Å². The first-order valence-corrected chi connectivity index (χ1v) is 9.63. The zero-order chi connectivity index (χ0) is 19.5. The highest BCUT2D eigenvalue weighted by Crippen LogP contribution is 2.26. The van der Waals surface area contributed by atoms with Crippen molar-refractivity contribution in [3.05, 3.63) is 34.8 Å². The standard InChI is InChI=1S/C15H18N4O5S2/c1-9-13(14(21)19(2)3)25-15(17-9)18-26(22,23)11-6-4-10(5-7-11)24-8-12(16)20/h4-7H,8H2,1-3H3,(H2,16,20)(H,17,18). The number of carbonyl (C=O) groups excluding carboxylic acids is 2. The topological polar surface area (TPSA) is 132 Å². The number of nitrogens with two attached hydrogens (primary N) is 1. The third-order valence-electron chi connectivity index (χ3n) is 3.13. The molecule has 0 aliphatic heterocycles. The smallest absolute Gasteiger partial charge is 0.265 e. The Balaban J connectivity index is 2.17. The summed E-state index contributed by atoms with van der Waals surface area (Å²) >= 11 is 0.963. The zero-order valence-corrected chi connectivity index (χ0v) is 16.0. The Morgan fingerprint density at radius 3 is 2.42 bits per heavy atom. The lowest BCUT2D eigenvalue weighted by atomic mass is 10.3. The van der Waals surface area contributed by atoms with Crippen LogP contribution in [0.5, 0.6) is 5.75 Å². The van der Waals surface area contributed by atoms with Crippen LogP contribution in [0.1, 0.15) is 15.4 Å². The van der Waals surface area contributed by atoms with Crippen LogP contribution in [0.2, 0.25) is 0 Å². The van der Waals surface area contributed by atoms with E-state index in [-0.39, 0.29) is 22.5 Å². The van der Waals surface area contributed by atoms with Crippen LogP contribution in [0.25, 0.3) is 0 Å².